The molecule has 0 saturated heterocycles. The van der Waals surface area contributed by atoms with Gasteiger partial charge in [-0.2, -0.15) is 0 Å². The molecular weight excluding hydrogens is 248 g/mol. The highest BCUT2D eigenvalue weighted by Crippen LogP contribution is 2.19. The summed E-state index contributed by atoms with van der Waals surface area (Å²) < 4.78 is 5.13. The SMILES string of the molecule is COc1ccc(N=Cc2cccc3cccnc23)cc1. The summed E-state index contributed by atoms with van der Waals surface area (Å²) in [5.41, 5.74) is 2.87. The summed E-state index contributed by atoms with van der Waals surface area (Å²) in [7, 11) is 1.65. The predicted octanol–water partition coefficient (Wildman–Crippen LogP) is 3.99. The molecule has 20 heavy (non-hydrogen) atoms. The van der Waals surface area contributed by atoms with Crippen LogP contribution >= 0.6 is 0 Å². The summed E-state index contributed by atoms with van der Waals surface area (Å²) in [6.45, 7) is 0. The zero-order chi connectivity index (χ0) is 13.8. The fourth-order valence-corrected chi connectivity index (χ4v) is 2.04. The number of aliphatic imine (C=N–C) groups is 1. The van der Waals surface area contributed by atoms with Gasteiger partial charge in [-0.25, -0.2) is 0 Å². The van der Waals surface area contributed by atoms with E-state index in [1.54, 1.807) is 13.3 Å². The van der Waals surface area contributed by atoms with Crippen LogP contribution < -0.4 is 4.74 Å². The number of ether oxygens (including phenoxy) is 1. The minimum absolute atomic E-state index is 0.829. The summed E-state index contributed by atoms with van der Waals surface area (Å²) in [6, 6.07) is 17.7. The van der Waals surface area contributed by atoms with Crippen molar-refractivity contribution in [3.8, 4) is 5.75 Å². The van der Waals surface area contributed by atoms with E-state index < -0.39 is 0 Å². The Kier molecular flexibility index (Phi) is 3.42. The first kappa shape index (κ1) is 12.4. The van der Waals surface area contributed by atoms with E-state index in [2.05, 4.69) is 9.98 Å². The highest BCUT2D eigenvalue weighted by Gasteiger charge is 1.98. The highest BCUT2D eigenvalue weighted by molar-refractivity contribution is 5.98. The van der Waals surface area contributed by atoms with Gasteiger partial charge >= 0.3 is 0 Å². The number of aromatic nitrogens is 1. The lowest BCUT2D eigenvalue weighted by molar-refractivity contribution is 0.415. The van der Waals surface area contributed by atoms with Crippen LogP contribution in [0.1, 0.15) is 5.56 Å². The number of hydrogen-bond acceptors (Lipinski definition) is 3. The average molecular weight is 262 g/mol. The van der Waals surface area contributed by atoms with Crippen LogP contribution in [0.3, 0.4) is 0 Å². The van der Waals surface area contributed by atoms with Crippen LogP contribution in [0.5, 0.6) is 5.75 Å². The predicted molar refractivity (Wildman–Crippen MR) is 82.0 cm³/mol. The lowest BCUT2D eigenvalue weighted by Gasteiger charge is -2.01. The number of nitrogens with zero attached hydrogens (tertiary/aromatic N) is 2. The molecule has 0 amide bonds. The third-order valence-corrected chi connectivity index (χ3v) is 3.09. The van der Waals surface area contributed by atoms with Crippen LogP contribution in [0, 0.1) is 0 Å². The molecular formula is C17H14N2O. The lowest BCUT2D eigenvalue weighted by atomic mass is 10.1. The summed E-state index contributed by atoms with van der Waals surface area (Å²) >= 11 is 0. The number of rotatable bonds is 3. The molecule has 0 unspecified atom stereocenters. The highest BCUT2D eigenvalue weighted by atomic mass is 16.5. The Hall–Kier alpha value is -2.68. The molecule has 0 aliphatic rings. The monoisotopic (exact) mass is 262 g/mol. The third-order valence-electron chi connectivity index (χ3n) is 3.09. The Morgan fingerprint density at radius 1 is 1.00 bits per heavy atom. The molecule has 0 aliphatic heterocycles. The maximum absolute atomic E-state index is 5.13. The Morgan fingerprint density at radius 3 is 2.60 bits per heavy atom. The number of pyridine rings is 1. The van der Waals surface area contributed by atoms with Crippen molar-refractivity contribution in [3.05, 3.63) is 66.4 Å². The molecule has 0 N–H and O–H groups in total. The van der Waals surface area contributed by atoms with E-state index >= 15 is 0 Å². The normalized spacial score (nSPS) is 11.1. The fraction of sp³-hybridized carbons (Fsp3) is 0.0588. The summed E-state index contributed by atoms with van der Waals surface area (Å²) in [5.74, 6) is 0.829. The molecule has 3 heteroatoms. The van der Waals surface area contributed by atoms with E-state index in [9.17, 15) is 0 Å². The van der Waals surface area contributed by atoms with Crippen molar-refractivity contribution in [1.82, 2.24) is 4.98 Å². The van der Waals surface area contributed by atoms with Crippen molar-refractivity contribution < 1.29 is 4.74 Å². The molecule has 0 saturated carbocycles. The van der Waals surface area contributed by atoms with Gasteiger partial charge in [0.15, 0.2) is 0 Å². The van der Waals surface area contributed by atoms with Crippen LogP contribution in [0.4, 0.5) is 5.69 Å². The van der Waals surface area contributed by atoms with Gasteiger partial charge in [0, 0.05) is 23.4 Å². The number of para-hydroxylation sites is 1. The standard InChI is InChI=1S/C17H14N2O/c1-20-16-9-7-15(8-10-16)19-12-14-5-2-4-13-6-3-11-18-17(13)14/h2-12H,1H3. The molecule has 1 heterocycles. The molecule has 0 radical (unpaired) electrons. The number of methoxy groups -OCH3 is 1. The largest absolute Gasteiger partial charge is 0.497 e. The molecule has 0 fully saturated rings. The van der Waals surface area contributed by atoms with Crippen molar-refractivity contribution in [3.63, 3.8) is 0 Å². The Bertz CT molecular complexity index is 743. The molecule has 1 aromatic heterocycles. The van der Waals surface area contributed by atoms with Crippen LogP contribution in [0.25, 0.3) is 10.9 Å². The maximum atomic E-state index is 5.13. The fourth-order valence-electron chi connectivity index (χ4n) is 2.04. The lowest BCUT2D eigenvalue weighted by Crippen LogP contribution is -1.86. The van der Waals surface area contributed by atoms with Crippen LogP contribution in [0.2, 0.25) is 0 Å². The quantitative estimate of drug-likeness (QED) is 0.669. The molecule has 98 valence electrons. The van der Waals surface area contributed by atoms with Crippen LogP contribution in [-0.4, -0.2) is 18.3 Å². The van der Waals surface area contributed by atoms with Gasteiger partial charge in [-0.1, -0.05) is 24.3 Å². The average Bonchev–Trinajstić information content (AvgIpc) is 2.53. The van der Waals surface area contributed by atoms with Gasteiger partial charge in [-0.05, 0) is 30.3 Å². The van der Waals surface area contributed by atoms with Crippen LogP contribution in [0.15, 0.2) is 65.8 Å². The Labute approximate surface area is 117 Å². The van der Waals surface area contributed by atoms with Gasteiger partial charge < -0.3 is 4.74 Å². The van der Waals surface area contributed by atoms with Gasteiger partial charge in [-0.15, -0.1) is 0 Å². The maximum Gasteiger partial charge on any atom is 0.119 e. The van der Waals surface area contributed by atoms with Crippen molar-refractivity contribution in [2.45, 2.75) is 0 Å². The first-order valence-corrected chi connectivity index (χ1v) is 6.39. The topological polar surface area (TPSA) is 34.5 Å². The van der Waals surface area contributed by atoms with E-state index in [-0.39, 0.29) is 0 Å². The molecule has 3 aromatic rings. The van der Waals surface area contributed by atoms with Crippen LogP contribution in [-0.2, 0) is 0 Å². The van der Waals surface area contributed by atoms with E-state index in [4.69, 9.17) is 4.74 Å². The van der Waals surface area contributed by atoms with E-state index in [0.29, 0.717) is 0 Å². The number of benzene rings is 2. The minimum Gasteiger partial charge on any atom is -0.497 e. The molecule has 3 rings (SSSR count). The second-order valence-corrected chi connectivity index (χ2v) is 4.38. The molecule has 2 aromatic carbocycles. The summed E-state index contributed by atoms with van der Waals surface area (Å²) in [6.07, 6.45) is 3.64. The zero-order valence-electron chi connectivity index (χ0n) is 11.2. The van der Waals surface area contributed by atoms with Crippen molar-refractivity contribution in [2.75, 3.05) is 7.11 Å². The second-order valence-electron chi connectivity index (χ2n) is 4.38. The van der Waals surface area contributed by atoms with Gasteiger partial charge in [0.1, 0.15) is 5.75 Å². The van der Waals surface area contributed by atoms with Crippen molar-refractivity contribution >= 4 is 22.8 Å². The number of fused-ring (bicyclic) bond motifs is 1. The van der Waals surface area contributed by atoms with E-state index in [0.717, 1.165) is 27.9 Å². The number of hydrogen-bond donors (Lipinski definition) is 0. The van der Waals surface area contributed by atoms with Gasteiger partial charge in [0.25, 0.3) is 0 Å². The van der Waals surface area contributed by atoms with Gasteiger partial charge in [0.05, 0.1) is 18.3 Å². The smallest absolute Gasteiger partial charge is 0.119 e. The molecule has 0 spiro atoms. The first-order chi connectivity index (χ1) is 9.86. The van der Waals surface area contributed by atoms with E-state index in [1.165, 1.54) is 0 Å². The first-order valence-electron chi connectivity index (χ1n) is 6.39. The summed E-state index contributed by atoms with van der Waals surface area (Å²) in [5, 5.41) is 1.12. The van der Waals surface area contributed by atoms with Gasteiger partial charge in [0.2, 0.25) is 0 Å². The molecule has 0 bridgehead atoms. The molecule has 3 nitrogen and oxygen atoms in total. The molecule has 0 aliphatic carbocycles. The van der Waals surface area contributed by atoms with Gasteiger partial charge in [-0.3, -0.25) is 9.98 Å². The minimum atomic E-state index is 0.829. The van der Waals surface area contributed by atoms with Crippen molar-refractivity contribution in [2.24, 2.45) is 4.99 Å². The van der Waals surface area contributed by atoms with Crippen molar-refractivity contribution in [1.29, 1.82) is 0 Å². The Morgan fingerprint density at radius 2 is 1.80 bits per heavy atom. The zero-order valence-corrected chi connectivity index (χ0v) is 11.2. The molecule has 0 atom stereocenters. The second kappa shape index (κ2) is 5.53. The third kappa shape index (κ3) is 2.52. The van der Waals surface area contributed by atoms with E-state index in [1.807, 2.05) is 60.8 Å². The Balaban J connectivity index is 1.93. The summed E-state index contributed by atoms with van der Waals surface area (Å²) in [4.78, 5) is 8.89.